The number of benzene rings is 1. The molecule has 1 aromatic carbocycles. The highest BCUT2D eigenvalue weighted by molar-refractivity contribution is 5.27. The highest BCUT2D eigenvalue weighted by Crippen LogP contribution is 2.12. The fourth-order valence-electron chi connectivity index (χ4n) is 1.92. The summed E-state index contributed by atoms with van der Waals surface area (Å²) < 4.78 is 1.89. The van der Waals surface area contributed by atoms with Crippen LogP contribution in [0.3, 0.4) is 0 Å². The average Bonchev–Trinajstić information content (AvgIpc) is 2.76. The van der Waals surface area contributed by atoms with Gasteiger partial charge in [-0.2, -0.15) is 5.10 Å². The number of hydrogen-bond acceptors (Lipinski definition) is 3. The SMILES string of the molecule is CC(C)CNCc1ccn(Cc2cccc(O)c2)n1. The van der Waals surface area contributed by atoms with Crippen molar-refractivity contribution in [1.29, 1.82) is 0 Å². The molecular weight excluding hydrogens is 238 g/mol. The molecule has 2 aromatic rings. The van der Waals surface area contributed by atoms with E-state index >= 15 is 0 Å². The molecule has 19 heavy (non-hydrogen) atoms. The zero-order valence-electron chi connectivity index (χ0n) is 11.5. The van der Waals surface area contributed by atoms with Crippen molar-refractivity contribution in [2.75, 3.05) is 6.54 Å². The maximum absolute atomic E-state index is 9.42. The highest BCUT2D eigenvalue weighted by atomic mass is 16.3. The second-order valence-electron chi connectivity index (χ2n) is 5.20. The van der Waals surface area contributed by atoms with Crippen molar-refractivity contribution in [3.05, 3.63) is 47.8 Å². The number of aromatic hydroxyl groups is 1. The number of aromatic nitrogens is 2. The first-order chi connectivity index (χ1) is 9.13. The van der Waals surface area contributed by atoms with Gasteiger partial charge < -0.3 is 10.4 Å². The van der Waals surface area contributed by atoms with Gasteiger partial charge >= 0.3 is 0 Å². The van der Waals surface area contributed by atoms with E-state index in [2.05, 4.69) is 24.3 Å². The number of phenolic OH excluding ortho intramolecular Hbond substituents is 1. The minimum atomic E-state index is 0.295. The average molecular weight is 259 g/mol. The minimum absolute atomic E-state index is 0.295. The van der Waals surface area contributed by atoms with Crippen LogP contribution >= 0.6 is 0 Å². The first-order valence-corrected chi connectivity index (χ1v) is 6.64. The van der Waals surface area contributed by atoms with Crippen LogP contribution < -0.4 is 5.32 Å². The van der Waals surface area contributed by atoms with Crippen LogP contribution in [0.25, 0.3) is 0 Å². The summed E-state index contributed by atoms with van der Waals surface area (Å²) in [5, 5.41) is 17.3. The minimum Gasteiger partial charge on any atom is -0.508 e. The molecule has 0 amide bonds. The molecule has 0 aliphatic carbocycles. The first kappa shape index (κ1) is 13.6. The standard InChI is InChI=1S/C15H21N3O/c1-12(2)9-16-10-14-6-7-18(17-14)11-13-4-3-5-15(19)8-13/h3-8,12,16,19H,9-11H2,1-2H3. The largest absolute Gasteiger partial charge is 0.508 e. The van der Waals surface area contributed by atoms with Crippen LogP contribution in [0.1, 0.15) is 25.1 Å². The zero-order valence-corrected chi connectivity index (χ0v) is 11.5. The summed E-state index contributed by atoms with van der Waals surface area (Å²) >= 11 is 0. The van der Waals surface area contributed by atoms with Crippen molar-refractivity contribution in [2.24, 2.45) is 5.92 Å². The topological polar surface area (TPSA) is 50.1 Å². The van der Waals surface area contributed by atoms with Gasteiger partial charge in [-0.3, -0.25) is 4.68 Å². The van der Waals surface area contributed by atoms with Crippen LogP contribution in [-0.4, -0.2) is 21.4 Å². The van der Waals surface area contributed by atoms with E-state index in [1.807, 2.05) is 29.1 Å². The van der Waals surface area contributed by atoms with Gasteiger partial charge in [0, 0.05) is 12.7 Å². The molecule has 0 unspecified atom stereocenters. The number of nitrogens with one attached hydrogen (secondary N) is 1. The predicted octanol–water partition coefficient (Wildman–Crippen LogP) is 2.38. The summed E-state index contributed by atoms with van der Waals surface area (Å²) in [5.41, 5.74) is 2.09. The van der Waals surface area contributed by atoms with Gasteiger partial charge in [-0.15, -0.1) is 0 Å². The lowest BCUT2D eigenvalue weighted by Crippen LogP contribution is -2.19. The molecule has 0 fully saturated rings. The number of phenols is 1. The summed E-state index contributed by atoms with van der Waals surface area (Å²) in [5.74, 6) is 0.942. The quantitative estimate of drug-likeness (QED) is 0.837. The van der Waals surface area contributed by atoms with Crippen molar-refractivity contribution in [3.63, 3.8) is 0 Å². The van der Waals surface area contributed by atoms with E-state index in [1.54, 1.807) is 12.1 Å². The van der Waals surface area contributed by atoms with Crippen LogP contribution in [0.5, 0.6) is 5.75 Å². The Balaban J connectivity index is 1.90. The number of hydrogen-bond donors (Lipinski definition) is 2. The molecule has 4 heteroatoms. The van der Waals surface area contributed by atoms with Crippen LogP contribution in [0.15, 0.2) is 36.5 Å². The fourth-order valence-corrected chi connectivity index (χ4v) is 1.92. The highest BCUT2D eigenvalue weighted by Gasteiger charge is 2.01. The van der Waals surface area contributed by atoms with E-state index in [1.165, 1.54) is 0 Å². The Morgan fingerprint density at radius 2 is 2.16 bits per heavy atom. The van der Waals surface area contributed by atoms with E-state index in [0.29, 0.717) is 18.2 Å². The van der Waals surface area contributed by atoms with E-state index in [0.717, 1.165) is 24.3 Å². The van der Waals surface area contributed by atoms with Gasteiger partial charge in [-0.1, -0.05) is 26.0 Å². The van der Waals surface area contributed by atoms with Crippen LogP contribution in [0.4, 0.5) is 0 Å². The Bertz CT molecular complexity index is 520. The molecule has 2 N–H and O–H groups in total. The molecule has 0 saturated carbocycles. The summed E-state index contributed by atoms with van der Waals surface area (Å²) in [6.07, 6.45) is 1.97. The molecule has 0 radical (unpaired) electrons. The lowest BCUT2D eigenvalue weighted by Gasteiger charge is -2.05. The molecule has 0 aliphatic rings. The number of rotatable bonds is 6. The molecule has 1 heterocycles. The lowest BCUT2D eigenvalue weighted by atomic mass is 10.2. The summed E-state index contributed by atoms with van der Waals surface area (Å²) in [4.78, 5) is 0. The van der Waals surface area contributed by atoms with E-state index in [9.17, 15) is 5.11 Å². The Hall–Kier alpha value is -1.81. The van der Waals surface area contributed by atoms with Crippen molar-refractivity contribution in [3.8, 4) is 5.75 Å². The molecule has 0 bridgehead atoms. The Kier molecular flexibility index (Phi) is 4.58. The van der Waals surface area contributed by atoms with Gasteiger partial charge in [-0.05, 0) is 36.2 Å². The third-order valence-electron chi connectivity index (χ3n) is 2.81. The molecule has 102 valence electrons. The van der Waals surface area contributed by atoms with Gasteiger partial charge in [0.2, 0.25) is 0 Å². The monoisotopic (exact) mass is 259 g/mol. The van der Waals surface area contributed by atoms with Crippen LogP contribution in [-0.2, 0) is 13.1 Å². The third kappa shape index (κ3) is 4.41. The third-order valence-corrected chi connectivity index (χ3v) is 2.81. The summed E-state index contributed by atoms with van der Waals surface area (Å²) in [7, 11) is 0. The van der Waals surface area contributed by atoms with E-state index in [4.69, 9.17) is 0 Å². The molecule has 2 rings (SSSR count). The molecular formula is C15H21N3O. The molecule has 0 spiro atoms. The van der Waals surface area contributed by atoms with Crippen molar-refractivity contribution < 1.29 is 5.11 Å². The summed E-state index contributed by atoms with van der Waals surface area (Å²) in [6, 6.07) is 9.29. The summed E-state index contributed by atoms with van der Waals surface area (Å²) in [6.45, 7) is 6.85. The van der Waals surface area contributed by atoms with Gasteiger partial charge in [0.1, 0.15) is 5.75 Å². The molecule has 1 aromatic heterocycles. The van der Waals surface area contributed by atoms with Gasteiger partial charge in [0.15, 0.2) is 0 Å². The lowest BCUT2D eigenvalue weighted by molar-refractivity contribution is 0.474. The maximum Gasteiger partial charge on any atom is 0.115 e. The molecule has 0 atom stereocenters. The van der Waals surface area contributed by atoms with Crippen LogP contribution in [0.2, 0.25) is 0 Å². The fraction of sp³-hybridized carbons (Fsp3) is 0.400. The van der Waals surface area contributed by atoms with Gasteiger partial charge in [0.25, 0.3) is 0 Å². The Morgan fingerprint density at radius 3 is 2.89 bits per heavy atom. The molecule has 0 saturated heterocycles. The second-order valence-corrected chi connectivity index (χ2v) is 5.20. The first-order valence-electron chi connectivity index (χ1n) is 6.64. The van der Waals surface area contributed by atoms with Gasteiger partial charge in [0.05, 0.1) is 12.2 Å². The van der Waals surface area contributed by atoms with Crippen LogP contribution in [0, 0.1) is 5.92 Å². The van der Waals surface area contributed by atoms with Crippen molar-refractivity contribution >= 4 is 0 Å². The predicted molar refractivity (Wildman–Crippen MR) is 76.0 cm³/mol. The van der Waals surface area contributed by atoms with E-state index in [-0.39, 0.29) is 0 Å². The van der Waals surface area contributed by atoms with Crippen molar-refractivity contribution in [2.45, 2.75) is 26.9 Å². The number of nitrogens with zero attached hydrogens (tertiary/aromatic N) is 2. The smallest absolute Gasteiger partial charge is 0.115 e. The van der Waals surface area contributed by atoms with Crippen molar-refractivity contribution in [1.82, 2.24) is 15.1 Å². The zero-order chi connectivity index (χ0) is 13.7. The normalized spacial score (nSPS) is 11.1. The van der Waals surface area contributed by atoms with E-state index < -0.39 is 0 Å². The maximum atomic E-state index is 9.42. The molecule has 4 nitrogen and oxygen atoms in total. The Labute approximate surface area is 114 Å². The molecule has 0 aliphatic heterocycles. The van der Waals surface area contributed by atoms with Gasteiger partial charge in [-0.25, -0.2) is 0 Å². The second kappa shape index (κ2) is 6.38. The Morgan fingerprint density at radius 1 is 1.32 bits per heavy atom.